The lowest BCUT2D eigenvalue weighted by atomic mass is 10.0. The van der Waals surface area contributed by atoms with Gasteiger partial charge in [-0.1, -0.05) is 42.0 Å². The zero-order valence-electron chi connectivity index (χ0n) is 26.0. The van der Waals surface area contributed by atoms with Crippen LogP contribution in [0.15, 0.2) is 86.9 Å². The van der Waals surface area contributed by atoms with Gasteiger partial charge in [0.2, 0.25) is 0 Å². The van der Waals surface area contributed by atoms with Crippen molar-refractivity contribution in [2.75, 3.05) is 31.5 Å². The highest BCUT2D eigenvalue weighted by atomic mass is 32.2. The van der Waals surface area contributed by atoms with E-state index < -0.39 is 33.4 Å². The molecule has 0 bridgehead atoms. The van der Waals surface area contributed by atoms with E-state index in [4.69, 9.17) is 9.15 Å². The topological polar surface area (TPSA) is 117 Å². The van der Waals surface area contributed by atoms with Crippen molar-refractivity contribution in [3.05, 3.63) is 94.3 Å². The molecule has 232 valence electrons. The third kappa shape index (κ3) is 7.11. The normalized spacial score (nSPS) is 11.7. The van der Waals surface area contributed by atoms with E-state index in [0.717, 1.165) is 15.4 Å². The fourth-order valence-electron chi connectivity index (χ4n) is 4.45. The van der Waals surface area contributed by atoms with Crippen LogP contribution in [0, 0.1) is 13.8 Å². The summed E-state index contributed by atoms with van der Waals surface area (Å²) in [7, 11) is -1.40. The van der Waals surface area contributed by atoms with E-state index in [-0.39, 0.29) is 29.3 Å². The highest BCUT2D eigenvalue weighted by Gasteiger charge is 2.34. The van der Waals surface area contributed by atoms with E-state index in [1.165, 1.54) is 54.2 Å². The van der Waals surface area contributed by atoms with Gasteiger partial charge in [0.15, 0.2) is 0 Å². The van der Waals surface area contributed by atoms with Crippen molar-refractivity contribution in [3.63, 3.8) is 0 Å². The number of likely N-dealkylation sites (N-methyl/N-ethyl adjacent to an activating group) is 2. The summed E-state index contributed by atoms with van der Waals surface area (Å²) in [5, 5.41) is 0.435. The number of amides is 3. The Labute approximate surface area is 257 Å². The zero-order chi connectivity index (χ0) is 32.4. The molecule has 0 saturated carbocycles. The van der Waals surface area contributed by atoms with Crippen molar-refractivity contribution in [3.8, 4) is 11.1 Å². The van der Waals surface area contributed by atoms with Gasteiger partial charge in [-0.15, -0.1) is 0 Å². The molecule has 11 heteroatoms. The standard InChI is InChI=1S/C33H37N3O7S/c1-22-12-15-26(16-13-22)44(40,41)36(31(38)34(6)18-19-35(7)32(39)43-33(3,4)5)25-14-17-29-24(20-25)21-28(30(37)42-29)27-11-9-8-10-23(27)2/h8-17,20-21H,18-19H2,1-7H3. The summed E-state index contributed by atoms with van der Waals surface area (Å²) in [5.41, 5.74) is 1.79. The van der Waals surface area contributed by atoms with Gasteiger partial charge >= 0.3 is 17.7 Å². The number of nitrogens with zero attached hydrogens (tertiary/aromatic N) is 3. The van der Waals surface area contributed by atoms with Crippen LogP contribution in [0.4, 0.5) is 15.3 Å². The average Bonchev–Trinajstić information content (AvgIpc) is 2.95. The van der Waals surface area contributed by atoms with E-state index in [2.05, 4.69) is 0 Å². The Morgan fingerprint density at radius 3 is 2.11 bits per heavy atom. The van der Waals surface area contributed by atoms with Crippen molar-refractivity contribution in [2.24, 2.45) is 0 Å². The lowest BCUT2D eigenvalue weighted by Crippen LogP contribution is -2.47. The summed E-state index contributed by atoms with van der Waals surface area (Å²) in [6.45, 7) is 9.08. The van der Waals surface area contributed by atoms with Crippen LogP contribution in [-0.2, 0) is 14.8 Å². The van der Waals surface area contributed by atoms with Crippen LogP contribution in [0.2, 0.25) is 0 Å². The maximum absolute atomic E-state index is 14.0. The molecule has 0 spiro atoms. The summed E-state index contributed by atoms with van der Waals surface area (Å²) < 4.78 is 39.8. The predicted octanol–water partition coefficient (Wildman–Crippen LogP) is 6.19. The van der Waals surface area contributed by atoms with Crippen molar-refractivity contribution in [1.82, 2.24) is 9.80 Å². The lowest BCUT2D eigenvalue weighted by Gasteiger charge is -2.30. The summed E-state index contributed by atoms with van der Waals surface area (Å²) in [4.78, 5) is 41.7. The average molecular weight is 620 g/mol. The van der Waals surface area contributed by atoms with Crippen molar-refractivity contribution >= 4 is 38.8 Å². The third-order valence-corrected chi connectivity index (χ3v) is 8.64. The molecular formula is C33H37N3O7S. The fourth-order valence-corrected chi connectivity index (χ4v) is 5.88. The van der Waals surface area contributed by atoms with Gasteiger partial charge in [-0.25, -0.2) is 22.8 Å². The molecule has 44 heavy (non-hydrogen) atoms. The third-order valence-electron chi connectivity index (χ3n) is 6.92. The van der Waals surface area contributed by atoms with Crippen LogP contribution in [0.5, 0.6) is 0 Å². The van der Waals surface area contributed by atoms with Gasteiger partial charge in [0, 0.05) is 32.6 Å². The van der Waals surface area contributed by atoms with Gasteiger partial charge in [0.05, 0.1) is 16.1 Å². The molecular weight excluding hydrogens is 582 g/mol. The van der Waals surface area contributed by atoms with E-state index in [1.807, 2.05) is 32.0 Å². The quantitative estimate of drug-likeness (QED) is 0.226. The van der Waals surface area contributed by atoms with Crippen LogP contribution >= 0.6 is 0 Å². The Morgan fingerprint density at radius 1 is 0.841 bits per heavy atom. The number of hydrogen-bond donors (Lipinski definition) is 0. The van der Waals surface area contributed by atoms with Crippen LogP contribution in [0.1, 0.15) is 31.9 Å². The Hall–Kier alpha value is -4.64. The van der Waals surface area contributed by atoms with E-state index in [9.17, 15) is 22.8 Å². The van der Waals surface area contributed by atoms with Gasteiger partial charge in [-0.3, -0.25) is 0 Å². The Bertz CT molecular complexity index is 1860. The first-order valence-corrected chi connectivity index (χ1v) is 15.5. The fraction of sp³-hybridized carbons (Fsp3) is 0.303. The van der Waals surface area contributed by atoms with Gasteiger partial charge in [-0.05, 0) is 82.1 Å². The maximum atomic E-state index is 14.0. The first kappa shape index (κ1) is 32.3. The largest absolute Gasteiger partial charge is 0.444 e. The smallest absolute Gasteiger partial charge is 0.410 e. The number of ether oxygens (including phenoxy) is 1. The number of hydrogen-bond acceptors (Lipinski definition) is 7. The SMILES string of the molecule is Cc1ccc(S(=O)(=O)N(C(=O)N(C)CCN(C)C(=O)OC(C)(C)C)c2ccc3oc(=O)c(-c4ccccc4C)cc3c2)cc1. The van der Waals surface area contributed by atoms with Gasteiger partial charge in [0.25, 0.3) is 10.0 Å². The zero-order valence-corrected chi connectivity index (χ0v) is 26.8. The summed E-state index contributed by atoms with van der Waals surface area (Å²) in [5.74, 6) is 0. The van der Waals surface area contributed by atoms with E-state index in [1.54, 1.807) is 45.0 Å². The molecule has 4 aromatic rings. The molecule has 0 fully saturated rings. The molecule has 0 aliphatic rings. The first-order chi connectivity index (χ1) is 20.6. The van der Waals surface area contributed by atoms with Crippen LogP contribution in [0.25, 0.3) is 22.1 Å². The molecule has 1 aromatic heterocycles. The number of aryl methyl sites for hydroxylation is 2. The van der Waals surface area contributed by atoms with Crippen molar-refractivity contribution in [1.29, 1.82) is 0 Å². The minimum Gasteiger partial charge on any atom is -0.444 e. The number of sulfonamides is 1. The minimum absolute atomic E-state index is 0.0222. The molecule has 4 rings (SSSR count). The second-order valence-electron chi connectivity index (χ2n) is 11.7. The van der Waals surface area contributed by atoms with Gasteiger partial charge < -0.3 is 19.0 Å². The molecule has 0 aliphatic carbocycles. The lowest BCUT2D eigenvalue weighted by molar-refractivity contribution is 0.0291. The predicted molar refractivity (Wildman–Crippen MR) is 170 cm³/mol. The summed E-state index contributed by atoms with van der Waals surface area (Å²) in [6.07, 6.45) is -0.567. The summed E-state index contributed by atoms with van der Waals surface area (Å²) >= 11 is 0. The highest BCUT2D eigenvalue weighted by molar-refractivity contribution is 7.93. The Balaban J connectivity index is 1.75. The highest BCUT2D eigenvalue weighted by Crippen LogP contribution is 2.30. The van der Waals surface area contributed by atoms with Gasteiger partial charge in [-0.2, -0.15) is 4.31 Å². The van der Waals surface area contributed by atoms with Crippen LogP contribution in [0.3, 0.4) is 0 Å². The van der Waals surface area contributed by atoms with E-state index >= 15 is 0 Å². The number of anilines is 1. The molecule has 0 N–H and O–H groups in total. The summed E-state index contributed by atoms with van der Waals surface area (Å²) in [6, 6.07) is 18.7. The van der Waals surface area contributed by atoms with E-state index in [0.29, 0.717) is 16.5 Å². The Kier molecular flexibility index (Phi) is 9.19. The molecule has 3 aromatic carbocycles. The molecule has 0 saturated heterocycles. The Morgan fingerprint density at radius 2 is 1.48 bits per heavy atom. The molecule has 0 radical (unpaired) electrons. The number of urea groups is 1. The number of rotatable bonds is 7. The number of fused-ring (bicyclic) bond motifs is 1. The monoisotopic (exact) mass is 619 g/mol. The second kappa shape index (κ2) is 12.5. The van der Waals surface area contributed by atoms with Crippen molar-refractivity contribution < 1.29 is 27.2 Å². The number of carbonyl (C=O) groups is 2. The molecule has 1 heterocycles. The number of benzene rings is 3. The molecule has 10 nitrogen and oxygen atoms in total. The number of carbonyl (C=O) groups excluding carboxylic acids is 2. The maximum Gasteiger partial charge on any atom is 0.410 e. The second-order valence-corrected chi connectivity index (χ2v) is 13.5. The molecule has 3 amide bonds. The van der Waals surface area contributed by atoms with Gasteiger partial charge in [0.1, 0.15) is 11.2 Å². The molecule has 0 atom stereocenters. The molecule has 0 aliphatic heterocycles. The van der Waals surface area contributed by atoms with Crippen LogP contribution in [-0.4, -0.2) is 63.1 Å². The minimum atomic E-state index is -4.40. The first-order valence-electron chi connectivity index (χ1n) is 14.0. The van der Waals surface area contributed by atoms with Crippen LogP contribution < -0.4 is 9.93 Å². The molecule has 0 unspecified atom stereocenters. The van der Waals surface area contributed by atoms with Crippen molar-refractivity contribution in [2.45, 2.75) is 45.1 Å².